The molecule has 3 rings (SSSR count). The standard InChI is InChI=1S/C21H29N3O4/c25-19(24-14-6-8-16-7-4-5-11-18(16)24)15-28-20(26)12-13-22-21(27)23-17-9-2-1-3-10-17/h1-3,9-10,16,18H,4-8,11-15H2,(H2,22,23,27)/t16-,18-/m0/s1. The number of piperidine rings is 1. The molecule has 1 heterocycles. The van der Waals surface area contributed by atoms with E-state index in [1.807, 2.05) is 23.1 Å². The summed E-state index contributed by atoms with van der Waals surface area (Å²) in [7, 11) is 0. The number of hydrogen-bond donors (Lipinski definition) is 2. The van der Waals surface area contributed by atoms with E-state index in [0.29, 0.717) is 17.6 Å². The van der Waals surface area contributed by atoms with Crippen molar-refractivity contribution in [3.05, 3.63) is 30.3 Å². The van der Waals surface area contributed by atoms with Gasteiger partial charge in [0.05, 0.1) is 6.42 Å². The molecule has 7 heteroatoms. The number of carbonyl (C=O) groups is 3. The lowest BCUT2D eigenvalue weighted by atomic mass is 9.78. The van der Waals surface area contributed by atoms with E-state index < -0.39 is 5.97 Å². The maximum Gasteiger partial charge on any atom is 0.319 e. The zero-order chi connectivity index (χ0) is 19.8. The quantitative estimate of drug-likeness (QED) is 0.735. The summed E-state index contributed by atoms with van der Waals surface area (Å²) in [5.74, 6) is 0.0276. The Bertz CT molecular complexity index is 677. The van der Waals surface area contributed by atoms with Crippen LogP contribution in [0.5, 0.6) is 0 Å². The number of likely N-dealkylation sites (tertiary alicyclic amines) is 1. The van der Waals surface area contributed by atoms with Gasteiger partial charge in [-0.3, -0.25) is 9.59 Å². The Labute approximate surface area is 165 Å². The van der Waals surface area contributed by atoms with Crippen molar-refractivity contribution in [3.8, 4) is 0 Å². The van der Waals surface area contributed by atoms with Gasteiger partial charge in [-0.05, 0) is 43.7 Å². The normalized spacial score (nSPS) is 21.4. The predicted molar refractivity (Wildman–Crippen MR) is 106 cm³/mol. The molecular weight excluding hydrogens is 358 g/mol. The number of hydrogen-bond acceptors (Lipinski definition) is 4. The number of anilines is 1. The Hall–Kier alpha value is -2.57. The number of rotatable bonds is 6. The molecule has 0 bridgehead atoms. The number of urea groups is 1. The molecule has 1 saturated carbocycles. The number of benzene rings is 1. The number of para-hydroxylation sites is 1. The summed E-state index contributed by atoms with van der Waals surface area (Å²) in [5, 5.41) is 5.28. The number of ether oxygens (including phenoxy) is 1. The first-order chi connectivity index (χ1) is 13.6. The average molecular weight is 387 g/mol. The molecule has 0 radical (unpaired) electrons. The van der Waals surface area contributed by atoms with Gasteiger partial charge in [-0.1, -0.05) is 31.0 Å². The van der Waals surface area contributed by atoms with Crippen molar-refractivity contribution in [2.75, 3.05) is 25.0 Å². The highest BCUT2D eigenvalue weighted by Crippen LogP contribution is 2.35. The highest BCUT2D eigenvalue weighted by atomic mass is 16.5. The van der Waals surface area contributed by atoms with Crippen LogP contribution in [0.2, 0.25) is 0 Å². The van der Waals surface area contributed by atoms with E-state index in [1.165, 1.54) is 25.7 Å². The third kappa shape index (κ3) is 5.71. The highest BCUT2D eigenvalue weighted by Gasteiger charge is 2.35. The van der Waals surface area contributed by atoms with Gasteiger partial charge in [0.1, 0.15) is 0 Å². The van der Waals surface area contributed by atoms with Crippen LogP contribution in [-0.4, -0.2) is 48.5 Å². The first-order valence-corrected chi connectivity index (χ1v) is 10.2. The van der Waals surface area contributed by atoms with E-state index >= 15 is 0 Å². The molecule has 2 fully saturated rings. The van der Waals surface area contributed by atoms with Crippen molar-refractivity contribution in [1.29, 1.82) is 0 Å². The molecule has 3 amide bonds. The molecule has 28 heavy (non-hydrogen) atoms. The summed E-state index contributed by atoms with van der Waals surface area (Å²) in [6, 6.07) is 8.99. The Morgan fingerprint density at radius 2 is 1.79 bits per heavy atom. The van der Waals surface area contributed by atoms with E-state index in [9.17, 15) is 14.4 Å². The second-order valence-electron chi connectivity index (χ2n) is 7.50. The van der Waals surface area contributed by atoms with Crippen molar-refractivity contribution < 1.29 is 19.1 Å². The van der Waals surface area contributed by atoms with Crippen LogP contribution < -0.4 is 10.6 Å². The second-order valence-corrected chi connectivity index (χ2v) is 7.50. The third-order valence-corrected chi connectivity index (χ3v) is 5.57. The van der Waals surface area contributed by atoms with Gasteiger partial charge in [-0.25, -0.2) is 4.79 Å². The summed E-state index contributed by atoms with van der Waals surface area (Å²) in [6.07, 6.45) is 6.94. The van der Waals surface area contributed by atoms with Crippen LogP contribution in [0.15, 0.2) is 30.3 Å². The van der Waals surface area contributed by atoms with Crippen LogP contribution in [0.1, 0.15) is 44.9 Å². The van der Waals surface area contributed by atoms with Gasteiger partial charge in [-0.2, -0.15) is 0 Å². The lowest BCUT2D eigenvalue weighted by Crippen LogP contribution is -2.50. The smallest absolute Gasteiger partial charge is 0.319 e. The zero-order valence-corrected chi connectivity index (χ0v) is 16.2. The Balaban J connectivity index is 1.33. The van der Waals surface area contributed by atoms with Gasteiger partial charge in [0.2, 0.25) is 0 Å². The lowest BCUT2D eigenvalue weighted by Gasteiger charge is -2.44. The van der Waals surface area contributed by atoms with Crippen LogP contribution in [0.4, 0.5) is 10.5 Å². The molecule has 152 valence electrons. The molecule has 1 aliphatic carbocycles. The molecule has 0 unspecified atom stereocenters. The fourth-order valence-electron chi connectivity index (χ4n) is 4.21. The summed E-state index contributed by atoms with van der Waals surface area (Å²) < 4.78 is 5.14. The molecule has 0 spiro atoms. The minimum atomic E-state index is -0.481. The number of fused-ring (bicyclic) bond motifs is 1. The first kappa shape index (κ1) is 20.2. The summed E-state index contributed by atoms with van der Waals surface area (Å²) in [6.45, 7) is 0.705. The van der Waals surface area contributed by atoms with Crippen molar-refractivity contribution in [2.24, 2.45) is 5.92 Å². The van der Waals surface area contributed by atoms with E-state index in [4.69, 9.17) is 4.74 Å². The maximum absolute atomic E-state index is 12.5. The topological polar surface area (TPSA) is 87.7 Å². The van der Waals surface area contributed by atoms with Gasteiger partial charge in [0.15, 0.2) is 6.61 Å². The summed E-state index contributed by atoms with van der Waals surface area (Å²) in [5.41, 5.74) is 0.677. The number of nitrogens with one attached hydrogen (secondary N) is 2. The van der Waals surface area contributed by atoms with Gasteiger partial charge in [0, 0.05) is 24.8 Å². The minimum Gasteiger partial charge on any atom is -0.456 e. The van der Waals surface area contributed by atoms with Crippen LogP contribution in [0.3, 0.4) is 0 Å². The molecule has 1 aliphatic heterocycles. The third-order valence-electron chi connectivity index (χ3n) is 5.57. The second kappa shape index (κ2) is 10.1. The molecule has 2 aliphatic rings. The largest absolute Gasteiger partial charge is 0.456 e. The molecule has 2 N–H and O–H groups in total. The SMILES string of the molecule is O=C(NCCC(=O)OCC(=O)N1CCC[C@@H]2CCCC[C@@H]21)Nc1ccccc1. The van der Waals surface area contributed by atoms with Crippen LogP contribution in [0.25, 0.3) is 0 Å². The van der Waals surface area contributed by atoms with E-state index in [0.717, 1.165) is 19.4 Å². The van der Waals surface area contributed by atoms with Crippen molar-refractivity contribution in [2.45, 2.75) is 51.0 Å². The Morgan fingerprint density at radius 1 is 1.04 bits per heavy atom. The van der Waals surface area contributed by atoms with Crippen molar-refractivity contribution >= 4 is 23.6 Å². The number of esters is 1. The van der Waals surface area contributed by atoms with Gasteiger partial charge in [-0.15, -0.1) is 0 Å². The predicted octanol–water partition coefficient (Wildman–Crippen LogP) is 2.92. The monoisotopic (exact) mass is 387 g/mol. The minimum absolute atomic E-state index is 0.0293. The molecule has 1 saturated heterocycles. The van der Waals surface area contributed by atoms with Crippen molar-refractivity contribution in [3.63, 3.8) is 0 Å². The Morgan fingerprint density at radius 3 is 2.61 bits per heavy atom. The molecule has 7 nitrogen and oxygen atoms in total. The molecular formula is C21H29N3O4. The van der Waals surface area contributed by atoms with Crippen LogP contribution in [-0.2, 0) is 14.3 Å². The van der Waals surface area contributed by atoms with Crippen molar-refractivity contribution in [1.82, 2.24) is 10.2 Å². The zero-order valence-electron chi connectivity index (χ0n) is 16.2. The molecule has 1 aromatic carbocycles. The summed E-state index contributed by atoms with van der Waals surface area (Å²) >= 11 is 0. The van der Waals surface area contributed by atoms with Crippen LogP contribution in [0, 0.1) is 5.92 Å². The van der Waals surface area contributed by atoms with E-state index in [1.54, 1.807) is 12.1 Å². The number of nitrogens with zero attached hydrogens (tertiary/aromatic N) is 1. The highest BCUT2D eigenvalue weighted by molar-refractivity contribution is 5.89. The fraction of sp³-hybridized carbons (Fsp3) is 0.571. The Kier molecular flexibility index (Phi) is 7.28. The number of carbonyl (C=O) groups excluding carboxylic acids is 3. The maximum atomic E-state index is 12.5. The van der Waals surface area contributed by atoms with Gasteiger partial charge >= 0.3 is 12.0 Å². The molecule has 0 aromatic heterocycles. The fourth-order valence-corrected chi connectivity index (χ4v) is 4.21. The summed E-state index contributed by atoms with van der Waals surface area (Å²) in [4.78, 5) is 38.1. The number of amides is 3. The van der Waals surface area contributed by atoms with Gasteiger partial charge < -0.3 is 20.3 Å². The van der Waals surface area contributed by atoms with E-state index in [2.05, 4.69) is 10.6 Å². The van der Waals surface area contributed by atoms with Gasteiger partial charge in [0.25, 0.3) is 5.91 Å². The first-order valence-electron chi connectivity index (χ1n) is 10.2. The van der Waals surface area contributed by atoms with E-state index in [-0.39, 0.29) is 31.5 Å². The van der Waals surface area contributed by atoms with Crippen LogP contribution >= 0.6 is 0 Å². The molecule has 2 atom stereocenters. The molecule has 1 aromatic rings. The average Bonchev–Trinajstić information content (AvgIpc) is 2.72. The lowest BCUT2D eigenvalue weighted by molar-refractivity contribution is -0.154.